The van der Waals surface area contributed by atoms with E-state index in [9.17, 15) is 4.79 Å². The predicted octanol–water partition coefficient (Wildman–Crippen LogP) is 2.79. The molecule has 1 heterocycles. The lowest BCUT2D eigenvalue weighted by Crippen LogP contribution is -2.44. The Hall–Kier alpha value is -1.94. The molecular weight excluding hydrogens is 274 g/mol. The van der Waals surface area contributed by atoms with E-state index in [4.69, 9.17) is 5.73 Å². The zero-order valence-electron chi connectivity index (χ0n) is 13.0. The summed E-state index contributed by atoms with van der Waals surface area (Å²) in [5.74, 6) is 0.388. The number of nitrogens with one attached hydrogen (secondary N) is 1. The van der Waals surface area contributed by atoms with Crippen molar-refractivity contribution >= 4 is 16.8 Å². The van der Waals surface area contributed by atoms with Crippen molar-refractivity contribution in [2.24, 2.45) is 11.7 Å². The predicted molar refractivity (Wildman–Crippen MR) is 88.7 cm³/mol. The second-order valence-electron chi connectivity index (χ2n) is 6.19. The average molecular weight is 297 g/mol. The second-order valence-corrected chi connectivity index (χ2v) is 6.19. The molecule has 116 valence electrons. The average Bonchev–Trinajstić information content (AvgIpc) is 2.54. The number of aryl methyl sites for hydroxylation is 1. The third kappa shape index (κ3) is 2.97. The molecule has 1 aromatic carbocycles. The highest BCUT2D eigenvalue weighted by Gasteiger charge is 2.26. The van der Waals surface area contributed by atoms with Gasteiger partial charge < -0.3 is 11.1 Å². The van der Waals surface area contributed by atoms with Crippen LogP contribution in [0.25, 0.3) is 10.9 Å². The minimum Gasteiger partial charge on any atom is -0.349 e. The van der Waals surface area contributed by atoms with Gasteiger partial charge in [-0.25, -0.2) is 0 Å². The largest absolute Gasteiger partial charge is 0.349 e. The van der Waals surface area contributed by atoms with Crippen LogP contribution in [0, 0.1) is 12.8 Å². The summed E-state index contributed by atoms with van der Waals surface area (Å²) in [7, 11) is 0. The summed E-state index contributed by atoms with van der Waals surface area (Å²) in [6, 6.07) is 9.86. The molecule has 0 radical (unpaired) electrons. The van der Waals surface area contributed by atoms with Crippen molar-refractivity contribution in [2.75, 3.05) is 6.54 Å². The molecule has 0 saturated heterocycles. The van der Waals surface area contributed by atoms with E-state index in [0.29, 0.717) is 18.0 Å². The first-order valence-electron chi connectivity index (χ1n) is 8.06. The summed E-state index contributed by atoms with van der Waals surface area (Å²) in [5.41, 5.74) is 8.30. The van der Waals surface area contributed by atoms with Crippen LogP contribution in [-0.4, -0.2) is 23.5 Å². The number of amides is 1. The molecule has 2 unspecified atom stereocenters. The molecule has 3 N–H and O–H groups in total. The number of nitrogens with two attached hydrogens (primary N) is 1. The van der Waals surface area contributed by atoms with Crippen molar-refractivity contribution in [2.45, 2.75) is 38.6 Å². The number of aromatic nitrogens is 1. The molecule has 2 aromatic rings. The van der Waals surface area contributed by atoms with Gasteiger partial charge in [-0.3, -0.25) is 9.78 Å². The van der Waals surface area contributed by atoms with Crippen molar-refractivity contribution in [1.82, 2.24) is 10.3 Å². The van der Waals surface area contributed by atoms with Gasteiger partial charge in [0.1, 0.15) is 0 Å². The van der Waals surface area contributed by atoms with Crippen LogP contribution in [0.3, 0.4) is 0 Å². The van der Waals surface area contributed by atoms with Crippen molar-refractivity contribution in [3.05, 3.63) is 41.6 Å². The van der Waals surface area contributed by atoms with Crippen LogP contribution in [0.5, 0.6) is 0 Å². The number of pyridine rings is 1. The highest BCUT2D eigenvalue weighted by molar-refractivity contribution is 6.06. The Morgan fingerprint density at radius 2 is 2.09 bits per heavy atom. The summed E-state index contributed by atoms with van der Waals surface area (Å²) >= 11 is 0. The number of benzene rings is 1. The van der Waals surface area contributed by atoms with Gasteiger partial charge in [-0.2, -0.15) is 0 Å². The molecule has 0 aliphatic heterocycles. The molecule has 1 saturated carbocycles. The van der Waals surface area contributed by atoms with E-state index in [0.717, 1.165) is 35.9 Å². The van der Waals surface area contributed by atoms with E-state index in [1.54, 1.807) is 0 Å². The van der Waals surface area contributed by atoms with E-state index in [2.05, 4.69) is 10.3 Å². The minimum absolute atomic E-state index is 0.00736. The van der Waals surface area contributed by atoms with Crippen LogP contribution in [-0.2, 0) is 0 Å². The molecule has 1 aliphatic rings. The highest BCUT2D eigenvalue weighted by atomic mass is 16.1. The SMILES string of the molecule is Cc1cc(C(=O)NC2CCCCC2CN)c2ccccc2n1. The summed E-state index contributed by atoms with van der Waals surface area (Å²) in [4.78, 5) is 17.3. The number of hydrogen-bond acceptors (Lipinski definition) is 3. The Kier molecular flexibility index (Phi) is 4.39. The fraction of sp³-hybridized carbons (Fsp3) is 0.444. The third-order valence-corrected chi connectivity index (χ3v) is 4.62. The quantitative estimate of drug-likeness (QED) is 0.915. The summed E-state index contributed by atoms with van der Waals surface area (Å²) in [5, 5.41) is 4.12. The normalized spacial score (nSPS) is 21.7. The monoisotopic (exact) mass is 297 g/mol. The number of para-hydroxylation sites is 1. The van der Waals surface area contributed by atoms with Gasteiger partial charge in [0.2, 0.25) is 0 Å². The first-order valence-corrected chi connectivity index (χ1v) is 8.06. The smallest absolute Gasteiger partial charge is 0.252 e. The fourth-order valence-corrected chi connectivity index (χ4v) is 3.42. The van der Waals surface area contributed by atoms with Gasteiger partial charge in [0.05, 0.1) is 11.1 Å². The first kappa shape index (κ1) is 15.0. The topological polar surface area (TPSA) is 68.0 Å². The molecule has 0 bridgehead atoms. The van der Waals surface area contributed by atoms with Crippen LogP contribution in [0.1, 0.15) is 41.7 Å². The van der Waals surface area contributed by atoms with E-state index in [1.807, 2.05) is 37.3 Å². The number of fused-ring (bicyclic) bond motifs is 1. The minimum atomic E-state index is -0.00736. The Balaban J connectivity index is 1.89. The molecule has 0 spiro atoms. The second kappa shape index (κ2) is 6.44. The molecule has 22 heavy (non-hydrogen) atoms. The van der Waals surface area contributed by atoms with Gasteiger partial charge in [0.25, 0.3) is 5.91 Å². The van der Waals surface area contributed by atoms with Crippen molar-refractivity contribution in [3.8, 4) is 0 Å². The molecule has 1 aromatic heterocycles. The van der Waals surface area contributed by atoms with Crippen LogP contribution in [0.4, 0.5) is 0 Å². The molecule has 3 rings (SSSR count). The number of hydrogen-bond donors (Lipinski definition) is 2. The van der Waals surface area contributed by atoms with E-state index < -0.39 is 0 Å². The zero-order valence-corrected chi connectivity index (χ0v) is 13.0. The third-order valence-electron chi connectivity index (χ3n) is 4.62. The molecule has 2 atom stereocenters. The number of rotatable bonds is 3. The molecule has 1 fully saturated rings. The van der Waals surface area contributed by atoms with Crippen LogP contribution >= 0.6 is 0 Å². The van der Waals surface area contributed by atoms with Crippen molar-refractivity contribution in [1.29, 1.82) is 0 Å². The fourth-order valence-electron chi connectivity index (χ4n) is 3.42. The van der Waals surface area contributed by atoms with Crippen molar-refractivity contribution < 1.29 is 4.79 Å². The Morgan fingerprint density at radius 1 is 1.32 bits per heavy atom. The Morgan fingerprint density at radius 3 is 2.91 bits per heavy atom. The standard InChI is InChI=1S/C18H23N3O/c1-12-10-15(14-7-3-5-9-17(14)20-12)18(22)21-16-8-4-2-6-13(16)11-19/h3,5,7,9-10,13,16H,2,4,6,8,11,19H2,1H3,(H,21,22). The highest BCUT2D eigenvalue weighted by Crippen LogP contribution is 2.25. The van der Waals surface area contributed by atoms with Crippen LogP contribution in [0.15, 0.2) is 30.3 Å². The maximum absolute atomic E-state index is 12.8. The zero-order chi connectivity index (χ0) is 15.5. The molecule has 4 heteroatoms. The Bertz CT molecular complexity index is 683. The van der Waals surface area contributed by atoms with Crippen LogP contribution in [0.2, 0.25) is 0 Å². The van der Waals surface area contributed by atoms with Gasteiger partial charge in [-0.15, -0.1) is 0 Å². The maximum Gasteiger partial charge on any atom is 0.252 e. The lowest BCUT2D eigenvalue weighted by Gasteiger charge is -2.31. The van der Waals surface area contributed by atoms with Gasteiger partial charge >= 0.3 is 0 Å². The van der Waals surface area contributed by atoms with Gasteiger partial charge in [0.15, 0.2) is 0 Å². The Labute approximate surface area is 131 Å². The maximum atomic E-state index is 12.8. The molecule has 1 aliphatic carbocycles. The first-order chi connectivity index (χ1) is 10.7. The van der Waals surface area contributed by atoms with Gasteiger partial charge in [-0.1, -0.05) is 31.0 Å². The summed E-state index contributed by atoms with van der Waals surface area (Å²) in [6.07, 6.45) is 4.51. The van der Waals surface area contributed by atoms with E-state index >= 15 is 0 Å². The lowest BCUT2D eigenvalue weighted by atomic mass is 9.84. The lowest BCUT2D eigenvalue weighted by molar-refractivity contribution is 0.0909. The number of carbonyl (C=O) groups excluding carboxylic acids is 1. The number of carbonyl (C=O) groups is 1. The van der Waals surface area contributed by atoms with Crippen LogP contribution < -0.4 is 11.1 Å². The molecule has 4 nitrogen and oxygen atoms in total. The summed E-state index contributed by atoms with van der Waals surface area (Å²) < 4.78 is 0. The molecule has 1 amide bonds. The van der Waals surface area contributed by atoms with E-state index in [-0.39, 0.29) is 11.9 Å². The number of nitrogens with zero attached hydrogens (tertiary/aromatic N) is 1. The van der Waals surface area contributed by atoms with Crippen molar-refractivity contribution in [3.63, 3.8) is 0 Å². The summed E-state index contributed by atoms with van der Waals surface area (Å²) in [6.45, 7) is 2.56. The van der Waals surface area contributed by atoms with E-state index in [1.165, 1.54) is 6.42 Å². The van der Waals surface area contributed by atoms with Gasteiger partial charge in [-0.05, 0) is 44.4 Å². The van der Waals surface area contributed by atoms with Gasteiger partial charge in [0, 0.05) is 17.1 Å². The molecular formula is C18H23N3O.